The number of hydrogen-bond donors (Lipinski definition) is 3. The van der Waals surface area contributed by atoms with Crippen LogP contribution < -0.4 is 21.7 Å². The van der Waals surface area contributed by atoms with Crippen LogP contribution in [0.2, 0.25) is 0 Å². The zero-order chi connectivity index (χ0) is 11.4. The van der Waals surface area contributed by atoms with Crippen LogP contribution in [0.25, 0.3) is 0 Å². The molecule has 0 atom stereocenters. The molecule has 0 unspecified atom stereocenters. The van der Waals surface area contributed by atoms with Crippen LogP contribution in [0.1, 0.15) is 0 Å². The van der Waals surface area contributed by atoms with Gasteiger partial charge in [-0.2, -0.15) is 0 Å². The number of rotatable bonds is 2. The maximum atomic E-state index is 5.53. The predicted molar refractivity (Wildman–Crippen MR) is 72.0 cm³/mol. The molecule has 4 nitrogen and oxygen atoms in total. The Morgan fingerprint density at radius 3 is 2.40 bits per heavy atom. The molecule has 1 aromatic carbocycles. The van der Waals surface area contributed by atoms with Gasteiger partial charge in [0, 0.05) is 7.05 Å². The summed E-state index contributed by atoms with van der Waals surface area (Å²) >= 11 is 9.66. The Labute approximate surface area is 99.2 Å². The van der Waals surface area contributed by atoms with Gasteiger partial charge in [-0.1, -0.05) is 12.1 Å². The highest BCUT2D eigenvalue weighted by Crippen LogP contribution is 2.24. The average molecular weight is 240 g/mol. The third kappa shape index (κ3) is 3.03. The van der Waals surface area contributed by atoms with Crippen molar-refractivity contribution in [3.8, 4) is 0 Å². The molecule has 0 saturated heterocycles. The van der Waals surface area contributed by atoms with E-state index >= 15 is 0 Å². The third-order valence-corrected chi connectivity index (χ3v) is 2.23. The van der Waals surface area contributed by atoms with E-state index in [1.54, 1.807) is 11.9 Å². The van der Waals surface area contributed by atoms with Crippen LogP contribution in [0.3, 0.4) is 0 Å². The number of thiocarbonyl (C=S) groups is 2. The van der Waals surface area contributed by atoms with Crippen LogP contribution in [0, 0.1) is 0 Å². The zero-order valence-electron chi connectivity index (χ0n) is 8.23. The molecule has 0 saturated carbocycles. The van der Waals surface area contributed by atoms with Crippen molar-refractivity contribution in [1.82, 2.24) is 0 Å². The van der Waals surface area contributed by atoms with Crippen LogP contribution in [-0.4, -0.2) is 17.3 Å². The highest BCUT2D eigenvalue weighted by atomic mass is 32.1. The van der Waals surface area contributed by atoms with Crippen molar-refractivity contribution in [2.45, 2.75) is 0 Å². The van der Waals surface area contributed by atoms with Gasteiger partial charge in [0.25, 0.3) is 0 Å². The maximum absolute atomic E-state index is 5.53. The van der Waals surface area contributed by atoms with E-state index in [1.807, 2.05) is 24.3 Å². The summed E-state index contributed by atoms with van der Waals surface area (Å²) in [5.41, 5.74) is 12.5. The number of anilines is 2. The molecule has 0 radical (unpaired) electrons. The van der Waals surface area contributed by atoms with Gasteiger partial charge in [-0.25, -0.2) is 0 Å². The zero-order valence-corrected chi connectivity index (χ0v) is 9.86. The Balaban J connectivity index is 3.05. The van der Waals surface area contributed by atoms with Gasteiger partial charge in [0.2, 0.25) is 0 Å². The minimum absolute atomic E-state index is 0.207. The second kappa shape index (κ2) is 4.90. The van der Waals surface area contributed by atoms with E-state index in [4.69, 9.17) is 35.9 Å². The lowest BCUT2D eigenvalue weighted by Gasteiger charge is -2.20. The van der Waals surface area contributed by atoms with Crippen molar-refractivity contribution in [1.29, 1.82) is 0 Å². The predicted octanol–water partition coefficient (Wildman–Crippen LogP) is 1.02. The van der Waals surface area contributed by atoms with Gasteiger partial charge in [-0.15, -0.1) is 0 Å². The molecule has 80 valence electrons. The number of benzene rings is 1. The summed E-state index contributed by atoms with van der Waals surface area (Å²) in [5, 5.41) is 3.35. The van der Waals surface area contributed by atoms with Gasteiger partial charge in [0.15, 0.2) is 10.2 Å². The van der Waals surface area contributed by atoms with E-state index in [1.165, 1.54) is 0 Å². The van der Waals surface area contributed by atoms with E-state index in [9.17, 15) is 0 Å². The number of hydrogen-bond acceptors (Lipinski definition) is 2. The Kier molecular flexibility index (Phi) is 3.81. The summed E-state index contributed by atoms with van der Waals surface area (Å²) in [7, 11) is 1.78. The van der Waals surface area contributed by atoms with E-state index in [0.29, 0.717) is 0 Å². The van der Waals surface area contributed by atoms with Crippen molar-refractivity contribution in [2.75, 3.05) is 17.3 Å². The fraction of sp³-hybridized carbons (Fsp3) is 0.111. The summed E-state index contributed by atoms with van der Waals surface area (Å²) < 4.78 is 0. The number of nitrogens with zero attached hydrogens (tertiary/aromatic N) is 1. The first kappa shape index (κ1) is 11.7. The first-order valence-electron chi connectivity index (χ1n) is 4.21. The Morgan fingerprint density at radius 1 is 1.27 bits per heavy atom. The SMILES string of the molecule is CN(C(N)=S)c1ccccc1NC(N)=S. The molecule has 0 spiro atoms. The van der Waals surface area contributed by atoms with Gasteiger partial charge in [0.1, 0.15) is 0 Å². The van der Waals surface area contributed by atoms with Crippen molar-refractivity contribution >= 4 is 46.0 Å². The molecule has 0 aliphatic heterocycles. The number of nitrogens with one attached hydrogen (secondary N) is 1. The Hall–Kier alpha value is -1.40. The molecule has 6 heteroatoms. The van der Waals surface area contributed by atoms with Gasteiger partial charge in [-0.3, -0.25) is 0 Å². The molecular formula is C9H12N4S2. The molecule has 0 aliphatic carbocycles. The molecule has 1 aromatic rings. The first-order valence-corrected chi connectivity index (χ1v) is 5.02. The molecule has 1 rings (SSSR count). The minimum atomic E-state index is 0.207. The second-order valence-corrected chi connectivity index (χ2v) is 3.76. The molecule has 0 aliphatic rings. The van der Waals surface area contributed by atoms with Crippen molar-refractivity contribution < 1.29 is 0 Å². The molecule has 0 heterocycles. The largest absolute Gasteiger partial charge is 0.376 e. The number of nitrogens with two attached hydrogens (primary N) is 2. The standard InChI is InChI=1S/C9H12N4S2/c1-13(9(11)15)7-5-3-2-4-6(7)12-8(10)14/h2-5H,1H3,(H2,11,15)(H3,10,12,14). The lowest BCUT2D eigenvalue weighted by molar-refractivity contribution is 1.27. The second-order valence-electron chi connectivity index (χ2n) is 2.90. The molecular weight excluding hydrogens is 228 g/mol. The summed E-state index contributed by atoms with van der Waals surface area (Å²) in [6.07, 6.45) is 0. The third-order valence-electron chi connectivity index (χ3n) is 1.85. The lowest BCUT2D eigenvalue weighted by atomic mass is 10.2. The average Bonchev–Trinajstić information content (AvgIpc) is 2.16. The Morgan fingerprint density at radius 2 is 1.87 bits per heavy atom. The van der Waals surface area contributed by atoms with Gasteiger partial charge in [-0.05, 0) is 36.6 Å². The van der Waals surface area contributed by atoms with Crippen LogP contribution in [0.5, 0.6) is 0 Å². The van der Waals surface area contributed by atoms with Crippen LogP contribution in [0.4, 0.5) is 11.4 Å². The number of para-hydroxylation sites is 2. The topological polar surface area (TPSA) is 67.3 Å². The van der Waals surface area contributed by atoms with Crippen LogP contribution >= 0.6 is 24.4 Å². The smallest absolute Gasteiger partial charge is 0.170 e. The minimum Gasteiger partial charge on any atom is -0.376 e. The first-order chi connectivity index (χ1) is 7.02. The van der Waals surface area contributed by atoms with Crippen molar-refractivity contribution in [3.63, 3.8) is 0 Å². The molecule has 15 heavy (non-hydrogen) atoms. The quantitative estimate of drug-likeness (QED) is 0.671. The van der Waals surface area contributed by atoms with E-state index < -0.39 is 0 Å². The van der Waals surface area contributed by atoms with Gasteiger partial charge >= 0.3 is 0 Å². The monoisotopic (exact) mass is 240 g/mol. The normalized spacial score (nSPS) is 9.40. The molecule has 0 bridgehead atoms. The fourth-order valence-electron chi connectivity index (χ4n) is 1.12. The van der Waals surface area contributed by atoms with Crippen molar-refractivity contribution in [2.24, 2.45) is 11.5 Å². The van der Waals surface area contributed by atoms with Crippen LogP contribution in [-0.2, 0) is 0 Å². The summed E-state index contributed by atoms with van der Waals surface area (Å²) in [6, 6.07) is 7.48. The van der Waals surface area contributed by atoms with Crippen LogP contribution in [0.15, 0.2) is 24.3 Å². The maximum Gasteiger partial charge on any atom is 0.170 e. The highest BCUT2D eigenvalue weighted by Gasteiger charge is 2.08. The Bertz CT molecular complexity index is 391. The van der Waals surface area contributed by atoms with Gasteiger partial charge < -0.3 is 21.7 Å². The summed E-state index contributed by atoms with van der Waals surface area (Å²) in [4.78, 5) is 1.68. The van der Waals surface area contributed by atoms with E-state index in [2.05, 4.69) is 5.32 Å². The van der Waals surface area contributed by atoms with Gasteiger partial charge in [0.05, 0.1) is 11.4 Å². The van der Waals surface area contributed by atoms with Crippen molar-refractivity contribution in [3.05, 3.63) is 24.3 Å². The molecule has 5 N–H and O–H groups in total. The van der Waals surface area contributed by atoms with E-state index in [-0.39, 0.29) is 10.2 Å². The molecule has 0 fully saturated rings. The summed E-state index contributed by atoms with van der Waals surface area (Å²) in [6.45, 7) is 0. The summed E-state index contributed by atoms with van der Waals surface area (Å²) in [5.74, 6) is 0. The molecule has 0 aromatic heterocycles. The van der Waals surface area contributed by atoms with E-state index in [0.717, 1.165) is 11.4 Å². The fourth-order valence-corrected chi connectivity index (χ4v) is 1.33. The molecule has 0 amide bonds. The lowest BCUT2D eigenvalue weighted by Crippen LogP contribution is -2.32. The highest BCUT2D eigenvalue weighted by molar-refractivity contribution is 7.80.